The molecule has 0 aliphatic heterocycles. The van der Waals surface area contributed by atoms with Gasteiger partial charge in [0, 0.05) is 0 Å². The molecule has 122 valence electrons. The van der Waals surface area contributed by atoms with E-state index < -0.39 is 17.5 Å². The number of primary amides is 1. The molecule has 1 atom stereocenters. The molecule has 0 saturated carbocycles. The van der Waals surface area contributed by atoms with E-state index in [1.54, 1.807) is 6.92 Å². The molecule has 2 N–H and O–H groups in total. The summed E-state index contributed by atoms with van der Waals surface area (Å²) in [5.41, 5.74) is 4.65. The van der Waals surface area contributed by atoms with E-state index in [1.165, 1.54) is 0 Å². The molecule has 1 rings (SSSR count). The van der Waals surface area contributed by atoms with Gasteiger partial charge in [-0.3, -0.25) is 4.79 Å². The number of hydrogen-bond donors (Lipinski definition) is 1. The third-order valence-electron chi connectivity index (χ3n) is 3.46. The predicted molar refractivity (Wildman–Crippen MR) is 83.9 cm³/mol. The van der Waals surface area contributed by atoms with Crippen LogP contribution in [0.1, 0.15) is 45.1 Å². The van der Waals surface area contributed by atoms with Crippen LogP contribution in [0.3, 0.4) is 0 Å². The standard InChI is InChI=1S/C17H25NO4/c1-3-5-9-12-17(15(18)19,16(20)21-4-2)22-13-14-10-7-6-8-11-14/h6-8,10-11H,3-5,9,12-13H2,1-2H3,(H2,18,19). The lowest BCUT2D eigenvalue weighted by Crippen LogP contribution is -2.53. The first-order chi connectivity index (χ1) is 10.6. The highest BCUT2D eigenvalue weighted by Gasteiger charge is 2.46. The van der Waals surface area contributed by atoms with Crippen LogP contribution in [0, 0.1) is 0 Å². The molecule has 22 heavy (non-hydrogen) atoms. The first-order valence-corrected chi connectivity index (χ1v) is 7.71. The van der Waals surface area contributed by atoms with Gasteiger partial charge in [0.15, 0.2) is 0 Å². The normalized spacial score (nSPS) is 13.4. The van der Waals surface area contributed by atoms with Gasteiger partial charge in [-0.05, 0) is 25.3 Å². The number of ether oxygens (including phenoxy) is 2. The zero-order valence-electron chi connectivity index (χ0n) is 13.3. The molecule has 0 fully saturated rings. The monoisotopic (exact) mass is 307 g/mol. The van der Waals surface area contributed by atoms with Crippen LogP contribution >= 0.6 is 0 Å². The second kappa shape index (κ2) is 9.20. The fourth-order valence-electron chi connectivity index (χ4n) is 2.18. The van der Waals surface area contributed by atoms with Gasteiger partial charge in [-0.15, -0.1) is 0 Å². The average molecular weight is 307 g/mol. The van der Waals surface area contributed by atoms with Gasteiger partial charge in [0.25, 0.3) is 5.91 Å². The summed E-state index contributed by atoms with van der Waals surface area (Å²) in [4.78, 5) is 24.2. The van der Waals surface area contributed by atoms with Crippen LogP contribution in [-0.4, -0.2) is 24.1 Å². The highest BCUT2D eigenvalue weighted by atomic mass is 16.6. The molecule has 0 radical (unpaired) electrons. The smallest absolute Gasteiger partial charge is 0.348 e. The second-order valence-electron chi connectivity index (χ2n) is 5.14. The Morgan fingerprint density at radius 3 is 2.36 bits per heavy atom. The van der Waals surface area contributed by atoms with Crippen molar-refractivity contribution in [3.8, 4) is 0 Å². The van der Waals surface area contributed by atoms with Crippen molar-refractivity contribution in [2.45, 2.75) is 51.7 Å². The number of benzene rings is 1. The van der Waals surface area contributed by atoms with Crippen LogP contribution in [-0.2, 0) is 25.7 Å². The van der Waals surface area contributed by atoms with Gasteiger partial charge in [0.2, 0.25) is 5.60 Å². The fraction of sp³-hybridized carbons (Fsp3) is 0.529. The van der Waals surface area contributed by atoms with Crippen molar-refractivity contribution in [2.24, 2.45) is 5.73 Å². The van der Waals surface area contributed by atoms with Crippen molar-refractivity contribution >= 4 is 11.9 Å². The van der Waals surface area contributed by atoms with E-state index in [2.05, 4.69) is 0 Å². The van der Waals surface area contributed by atoms with Crippen LogP contribution in [0.2, 0.25) is 0 Å². The number of unbranched alkanes of at least 4 members (excludes halogenated alkanes) is 2. The van der Waals surface area contributed by atoms with Crippen molar-refractivity contribution in [3.05, 3.63) is 35.9 Å². The summed E-state index contributed by atoms with van der Waals surface area (Å²) in [6.45, 7) is 4.04. The van der Waals surface area contributed by atoms with Gasteiger partial charge in [-0.1, -0.05) is 50.1 Å². The maximum atomic E-state index is 12.3. The van der Waals surface area contributed by atoms with E-state index in [-0.39, 0.29) is 19.6 Å². The van der Waals surface area contributed by atoms with Crippen LogP contribution in [0.15, 0.2) is 30.3 Å². The number of hydrogen-bond acceptors (Lipinski definition) is 4. The molecule has 5 heteroatoms. The summed E-state index contributed by atoms with van der Waals surface area (Å²) in [6, 6.07) is 9.35. The van der Waals surface area contributed by atoms with Crippen molar-refractivity contribution in [1.29, 1.82) is 0 Å². The first kappa shape index (κ1) is 18.2. The lowest BCUT2D eigenvalue weighted by Gasteiger charge is -2.28. The molecule has 1 aromatic rings. The SMILES string of the molecule is CCCCCC(OCc1ccccc1)(C(N)=O)C(=O)OCC. The molecule has 1 unspecified atom stereocenters. The van der Waals surface area contributed by atoms with Gasteiger partial charge in [0.1, 0.15) is 0 Å². The van der Waals surface area contributed by atoms with Crippen molar-refractivity contribution in [2.75, 3.05) is 6.61 Å². The molecule has 0 aromatic heterocycles. The number of nitrogens with two attached hydrogens (primary N) is 1. The maximum Gasteiger partial charge on any atom is 0.348 e. The average Bonchev–Trinajstić information content (AvgIpc) is 2.51. The number of carbonyl (C=O) groups excluding carboxylic acids is 2. The molecule has 0 bridgehead atoms. The zero-order valence-corrected chi connectivity index (χ0v) is 13.3. The van der Waals surface area contributed by atoms with Crippen LogP contribution < -0.4 is 5.73 Å². The van der Waals surface area contributed by atoms with E-state index in [4.69, 9.17) is 15.2 Å². The third kappa shape index (κ3) is 4.84. The van der Waals surface area contributed by atoms with Crippen molar-refractivity contribution < 1.29 is 19.1 Å². The molecular formula is C17H25NO4. The molecule has 0 saturated heterocycles. The quantitative estimate of drug-likeness (QED) is 0.409. The molecule has 1 aromatic carbocycles. The van der Waals surface area contributed by atoms with Crippen LogP contribution in [0.5, 0.6) is 0 Å². The van der Waals surface area contributed by atoms with Crippen LogP contribution in [0.25, 0.3) is 0 Å². The third-order valence-corrected chi connectivity index (χ3v) is 3.46. The van der Waals surface area contributed by atoms with Gasteiger partial charge < -0.3 is 15.2 Å². The molecular weight excluding hydrogens is 282 g/mol. The Morgan fingerprint density at radius 1 is 1.14 bits per heavy atom. The Kier molecular flexibility index (Phi) is 7.60. The Balaban J connectivity index is 2.90. The summed E-state index contributed by atoms with van der Waals surface area (Å²) >= 11 is 0. The minimum Gasteiger partial charge on any atom is -0.463 e. The zero-order chi connectivity index (χ0) is 16.4. The minimum absolute atomic E-state index is 0.134. The van der Waals surface area contributed by atoms with Crippen molar-refractivity contribution in [1.82, 2.24) is 0 Å². The lowest BCUT2D eigenvalue weighted by atomic mass is 9.94. The second-order valence-corrected chi connectivity index (χ2v) is 5.14. The fourth-order valence-corrected chi connectivity index (χ4v) is 2.18. The van der Waals surface area contributed by atoms with E-state index in [0.29, 0.717) is 6.42 Å². The minimum atomic E-state index is -1.71. The van der Waals surface area contributed by atoms with E-state index in [1.807, 2.05) is 37.3 Å². The Morgan fingerprint density at radius 2 is 1.82 bits per heavy atom. The largest absolute Gasteiger partial charge is 0.463 e. The molecule has 0 heterocycles. The molecule has 0 aliphatic carbocycles. The summed E-state index contributed by atoms with van der Waals surface area (Å²) in [7, 11) is 0. The summed E-state index contributed by atoms with van der Waals surface area (Å²) in [5.74, 6) is -1.49. The first-order valence-electron chi connectivity index (χ1n) is 7.71. The van der Waals surface area contributed by atoms with Gasteiger partial charge >= 0.3 is 5.97 Å². The summed E-state index contributed by atoms with van der Waals surface area (Å²) in [5, 5.41) is 0. The van der Waals surface area contributed by atoms with E-state index in [0.717, 1.165) is 18.4 Å². The van der Waals surface area contributed by atoms with E-state index >= 15 is 0 Å². The number of carbonyl (C=O) groups is 2. The summed E-state index contributed by atoms with van der Waals surface area (Å²) < 4.78 is 10.7. The van der Waals surface area contributed by atoms with Gasteiger partial charge in [-0.25, -0.2) is 4.79 Å². The predicted octanol–water partition coefficient (Wildman–Crippen LogP) is 2.57. The Hall–Kier alpha value is -1.88. The highest BCUT2D eigenvalue weighted by Crippen LogP contribution is 2.24. The van der Waals surface area contributed by atoms with Gasteiger partial charge in [0.05, 0.1) is 13.2 Å². The number of rotatable bonds is 10. The van der Waals surface area contributed by atoms with Gasteiger partial charge in [-0.2, -0.15) is 0 Å². The molecule has 5 nitrogen and oxygen atoms in total. The van der Waals surface area contributed by atoms with Crippen LogP contribution in [0.4, 0.5) is 0 Å². The highest BCUT2D eigenvalue weighted by molar-refractivity contribution is 6.05. The van der Waals surface area contributed by atoms with E-state index in [9.17, 15) is 9.59 Å². The Bertz CT molecular complexity index is 475. The molecule has 1 amide bonds. The summed E-state index contributed by atoms with van der Waals surface area (Å²) in [6.07, 6.45) is 2.77. The van der Waals surface area contributed by atoms with Crippen molar-refractivity contribution in [3.63, 3.8) is 0 Å². The lowest BCUT2D eigenvalue weighted by molar-refractivity contribution is -0.180. The molecule has 0 spiro atoms. The number of esters is 1. The Labute approximate surface area is 131 Å². The topological polar surface area (TPSA) is 78.6 Å². The molecule has 0 aliphatic rings. The maximum absolute atomic E-state index is 12.3. The number of amides is 1.